The highest BCUT2D eigenvalue weighted by Crippen LogP contribution is 2.23. The van der Waals surface area contributed by atoms with E-state index in [1.54, 1.807) is 7.05 Å². The number of β-amino-alcohol motifs (C(OH)–C–C–N with tert-alkyl or cyclic N) is 1. The fraction of sp³-hybridized carbons (Fsp3) is 0.889. The predicted octanol–water partition coefficient (Wildman–Crippen LogP) is -0.421. The molecule has 4 heteroatoms. The number of hydrogen-bond donors (Lipinski definition) is 2. The van der Waals surface area contributed by atoms with Crippen molar-refractivity contribution in [1.29, 1.82) is 0 Å². The average molecular weight is 186 g/mol. The van der Waals surface area contributed by atoms with Crippen LogP contribution in [0.2, 0.25) is 0 Å². The minimum absolute atomic E-state index is 0.0142. The maximum atomic E-state index is 11.0. The summed E-state index contributed by atoms with van der Waals surface area (Å²) in [7, 11) is 1.63. The standard InChI is InChI=1S/C9H18N2O2/c1-3-9(13)4-5-11(7-9)6-8(12)10-2/h13H,3-7H2,1-2H3,(H,10,12). The number of amides is 1. The van der Waals surface area contributed by atoms with Crippen LogP contribution in [0.5, 0.6) is 0 Å². The Labute approximate surface area is 78.9 Å². The molecule has 4 nitrogen and oxygen atoms in total. The van der Waals surface area contributed by atoms with E-state index >= 15 is 0 Å². The summed E-state index contributed by atoms with van der Waals surface area (Å²) in [6.45, 7) is 3.82. The second-order valence-corrected chi connectivity index (χ2v) is 3.71. The summed E-state index contributed by atoms with van der Waals surface area (Å²) in [6, 6.07) is 0. The predicted molar refractivity (Wildman–Crippen MR) is 50.4 cm³/mol. The maximum Gasteiger partial charge on any atom is 0.233 e. The lowest BCUT2D eigenvalue weighted by atomic mass is 10.0. The van der Waals surface area contributed by atoms with Crippen LogP contribution in [0.25, 0.3) is 0 Å². The Kier molecular flexibility index (Phi) is 3.27. The first kappa shape index (κ1) is 10.5. The van der Waals surface area contributed by atoms with Crippen molar-refractivity contribution >= 4 is 5.91 Å². The zero-order valence-corrected chi connectivity index (χ0v) is 8.34. The van der Waals surface area contributed by atoms with Crippen LogP contribution in [-0.4, -0.2) is 48.2 Å². The molecule has 1 amide bonds. The topological polar surface area (TPSA) is 52.6 Å². The van der Waals surface area contributed by atoms with Gasteiger partial charge in [0.25, 0.3) is 0 Å². The van der Waals surface area contributed by atoms with Crippen LogP contribution in [0.3, 0.4) is 0 Å². The molecule has 76 valence electrons. The molecule has 1 aliphatic rings. The smallest absolute Gasteiger partial charge is 0.233 e. The van der Waals surface area contributed by atoms with Gasteiger partial charge < -0.3 is 10.4 Å². The molecule has 2 N–H and O–H groups in total. The van der Waals surface area contributed by atoms with Crippen LogP contribution < -0.4 is 5.32 Å². The minimum atomic E-state index is -0.561. The molecule has 1 unspecified atom stereocenters. The first-order valence-electron chi connectivity index (χ1n) is 4.75. The molecule has 1 aliphatic heterocycles. The van der Waals surface area contributed by atoms with E-state index in [0.717, 1.165) is 19.4 Å². The third-order valence-corrected chi connectivity index (χ3v) is 2.72. The van der Waals surface area contributed by atoms with Gasteiger partial charge in [0.1, 0.15) is 0 Å². The minimum Gasteiger partial charge on any atom is -0.389 e. The second kappa shape index (κ2) is 4.07. The molecule has 1 heterocycles. The molecule has 0 aromatic heterocycles. The Morgan fingerprint density at radius 1 is 1.69 bits per heavy atom. The van der Waals surface area contributed by atoms with E-state index in [9.17, 15) is 9.90 Å². The van der Waals surface area contributed by atoms with Crippen molar-refractivity contribution in [3.05, 3.63) is 0 Å². The van der Waals surface area contributed by atoms with Crippen LogP contribution in [0, 0.1) is 0 Å². The second-order valence-electron chi connectivity index (χ2n) is 3.71. The molecule has 1 atom stereocenters. The first-order chi connectivity index (χ1) is 6.09. The molecule has 0 aliphatic carbocycles. The van der Waals surface area contributed by atoms with Crippen molar-refractivity contribution in [2.45, 2.75) is 25.4 Å². The Bertz CT molecular complexity index is 196. The van der Waals surface area contributed by atoms with Crippen molar-refractivity contribution in [3.8, 4) is 0 Å². The van der Waals surface area contributed by atoms with E-state index in [1.807, 2.05) is 11.8 Å². The number of carbonyl (C=O) groups is 1. The molecule has 0 spiro atoms. The zero-order chi connectivity index (χ0) is 9.90. The molecule has 0 aromatic carbocycles. The van der Waals surface area contributed by atoms with Gasteiger partial charge in [0.15, 0.2) is 0 Å². The van der Waals surface area contributed by atoms with Crippen molar-refractivity contribution in [2.24, 2.45) is 0 Å². The summed E-state index contributed by atoms with van der Waals surface area (Å²) in [6.07, 6.45) is 1.54. The van der Waals surface area contributed by atoms with Gasteiger partial charge in [0.2, 0.25) is 5.91 Å². The fourth-order valence-corrected chi connectivity index (χ4v) is 1.65. The van der Waals surface area contributed by atoms with E-state index in [1.165, 1.54) is 0 Å². The highest BCUT2D eigenvalue weighted by atomic mass is 16.3. The van der Waals surface area contributed by atoms with Crippen LogP contribution in [0.15, 0.2) is 0 Å². The molecule has 1 fully saturated rings. The van der Waals surface area contributed by atoms with Crippen LogP contribution in [0.1, 0.15) is 19.8 Å². The van der Waals surface area contributed by atoms with E-state index in [-0.39, 0.29) is 5.91 Å². The van der Waals surface area contributed by atoms with Gasteiger partial charge in [-0.1, -0.05) is 6.92 Å². The summed E-state index contributed by atoms with van der Waals surface area (Å²) < 4.78 is 0. The number of likely N-dealkylation sites (tertiary alicyclic amines) is 1. The zero-order valence-electron chi connectivity index (χ0n) is 8.34. The Hall–Kier alpha value is -0.610. The number of rotatable bonds is 3. The number of likely N-dealkylation sites (N-methyl/N-ethyl adjacent to an activating group) is 1. The lowest BCUT2D eigenvalue weighted by Gasteiger charge is -2.20. The van der Waals surface area contributed by atoms with E-state index in [4.69, 9.17) is 0 Å². The number of aliphatic hydroxyl groups is 1. The summed E-state index contributed by atoms with van der Waals surface area (Å²) >= 11 is 0. The first-order valence-corrected chi connectivity index (χ1v) is 4.75. The quantitative estimate of drug-likeness (QED) is 0.629. The van der Waals surface area contributed by atoms with E-state index in [2.05, 4.69) is 5.32 Å². The third kappa shape index (κ3) is 2.67. The van der Waals surface area contributed by atoms with Gasteiger partial charge in [-0.15, -0.1) is 0 Å². The van der Waals surface area contributed by atoms with Crippen LogP contribution in [-0.2, 0) is 4.79 Å². The lowest BCUT2D eigenvalue weighted by molar-refractivity contribution is -0.121. The van der Waals surface area contributed by atoms with Crippen molar-refractivity contribution in [1.82, 2.24) is 10.2 Å². The average Bonchev–Trinajstić information content (AvgIpc) is 2.48. The molecule has 0 saturated carbocycles. The van der Waals surface area contributed by atoms with Gasteiger partial charge in [0, 0.05) is 20.1 Å². The summed E-state index contributed by atoms with van der Waals surface area (Å²) in [5.74, 6) is 0.0142. The SMILES string of the molecule is CCC1(O)CCN(CC(=O)NC)C1. The van der Waals surface area contributed by atoms with Crippen molar-refractivity contribution < 1.29 is 9.90 Å². The summed E-state index contributed by atoms with van der Waals surface area (Å²) in [5, 5.41) is 12.5. The van der Waals surface area contributed by atoms with E-state index < -0.39 is 5.60 Å². The number of nitrogens with zero attached hydrogens (tertiary/aromatic N) is 1. The van der Waals surface area contributed by atoms with Crippen molar-refractivity contribution in [2.75, 3.05) is 26.7 Å². The van der Waals surface area contributed by atoms with Gasteiger partial charge in [0.05, 0.1) is 12.1 Å². The molecule has 0 aromatic rings. The number of nitrogens with one attached hydrogen (secondary N) is 1. The molecule has 1 rings (SSSR count). The maximum absolute atomic E-state index is 11.0. The Morgan fingerprint density at radius 2 is 2.38 bits per heavy atom. The molecular weight excluding hydrogens is 168 g/mol. The Morgan fingerprint density at radius 3 is 2.85 bits per heavy atom. The number of carbonyl (C=O) groups excluding carboxylic acids is 1. The highest BCUT2D eigenvalue weighted by molar-refractivity contribution is 5.77. The highest BCUT2D eigenvalue weighted by Gasteiger charge is 2.34. The van der Waals surface area contributed by atoms with Gasteiger partial charge in [-0.2, -0.15) is 0 Å². The molecular formula is C9H18N2O2. The van der Waals surface area contributed by atoms with Crippen molar-refractivity contribution in [3.63, 3.8) is 0 Å². The van der Waals surface area contributed by atoms with Crippen LogP contribution >= 0.6 is 0 Å². The molecule has 0 bridgehead atoms. The van der Waals surface area contributed by atoms with Gasteiger partial charge in [-0.25, -0.2) is 0 Å². The number of hydrogen-bond acceptors (Lipinski definition) is 3. The monoisotopic (exact) mass is 186 g/mol. The largest absolute Gasteiger partial charge is 0.389 e. The molecule has 1 saturated heterocycles. The fourth-order valence-electron chi connectivity index (χ4n) is 1.65. The molecule has 13 heavy (non-hydrogen) atoms. The third-order valence-electron chi connectivity index (χ3n) is 2.72. The van der Waals surface area contributed by atoms with E-state index in [0.29, 0.717) is 13.1 Å². The van der Waals surface area contributed by atoms with Gasteiger partial charge in [-0.3, -0.25) is 9.69 Å². The van der Waals surface area contributed by atoms with Gasteiger partial charge >= 0.3 is 0 Å². The Balaban J connectivity index is 2.37. The summed E-state index contributed by atoms with van der Waals surface area (Å²) in [5.41, 5.74) is -0.561. The normalized spacial score (nSPS) is 29.2. The molecule has 0 radical (unpaired) electrons. The lowest BCUT2D eigenvalue weighted by Crippen LogP contribution is -2.37. The van der Waals surface area contributed by atoms with Gasteiger partial charge in [-0.05, 0) is 12.8 Å². The van der Waals surface area contributed by atoms with Crippen LogP contribution in [0.4, 0.5) is 0 Å². The summed E-state index contributed by atoms with van der Waals surface area (Å²) in [4.78, 5) is 13.0.